The van der Waals surface area contributed by atoms with Crippen LogP contribution in [-0.2, 0) is 11.2 Å². The molecule has 1 amide bonds. The van der Waals surface area contributed by atoms with Crippen molar-refractivity contribution in [2.24, 2.45) is 5.92 Å². The molecule has 4 nitrogen and oxygen atoms in total. The van der Waals surface area contributed by atoms with E-state index in [9.17, 15) is 4.79 Å². The van der Waals surface area contributed by atoms with E-state index in [4.69, 9.17) is 16.0 Å². The Hall–Kier alpha value is -1.81. The Morgan fingerprint density at radius 1 is 1.42 bits per heavy atom. The molecule has 2 aromatic rings. The molecule has 3 rings (SSSR count). The molecule has 1 aromatic heterocycles. The summed E-state index contributed by atoms with van der Waals surface area (Å²) in [6.45, 7) is 5.23. The number of carbonyl (C=O) groups is 1. The zero-order valence-corrected chi connectivity index (χ0v) is 14.9. The van der Waals surface area contributed by atoms with Crippen molar-refractivity contribution in [2.75, 3.05) is 6.54 Å². The van der Waals surface area contributed by atoms with Gasteiger partial charge in [0.1, 0.15) is 0 Å². The van der Waals surface area contributed by atoms with Gasteiger partial charge in [-0.15, -0.1) is 0 Å². The van der Waals surface area contributed by atoms with Gasteiger partial charge in [-0.3, -0.25) is 4.79 Å². The summed E-state index contributed by atoms with van der Waals surface area (Å²) < 4.78 is 5.77. The number of aryl methyl sites for hydroxylation is 1. The lowest BCUT2D eigenvalue weighted by Crippen LogP contribution is -2.38. The smallest absolute Gasteiger partial charge is 0.223 e. The highest BCUT2D eigenvalue weighted by molar-refractivity contribution is 6.33. The summed E-state index contributed by atoms with van der Waals surface area (Å²) in [5.74, 6) is 1.93. The van der Waals surface area contributed by atoms with E-state index in [0.717, 1.165) is 24.9 Å². The van der Waals surface area contributed by atoms with E-state index >= 15 is 0 Å². The second-order valence-corrected chi connectivity index (χ2v) is 7.05. The molecular formula is C19H23ClN2O2. The van der Waals surface area contributed by atoms with Crippen LogP contribution in [0, 0.1) is 5.92 Å². The van der Waals surface area contributed by atoms with E-state index in [1.807, 2.05) is 29.2 Å². The number of amides is 1. The molecule has 0 radical (unpaired) electrons. The molecule has 1 aliphatic heterocycles. The molecule has 0 N–H and O–H groups in total. The fraction of sp³-hybridized carbons (Fsp3) is 0.474. The van der Waals surface area contributed by atoms with Gasteiger partial charge >= 0.3 is 0 Å². The van der Waals surface area contributed by atoms with Gasteiger partial charge in [-0.05, 0) is 30.9 Å². The number of halogens is 1. The van der Waals surface area contributed by atoms with Gasteiger partial charge in [-0.2, -0.15) is 0 Å². The van der Waals surface area contributed by atoms with Crippen LogP contribution in [0.5, 0.6) is 0 Å². The van der Waals surface area contributed by atoms with Crippen LogP contribution < -0.4 is 0 Å². The zero-order chi connectivity index (χ0) is 17.1. The monoisotopic (exact) mass is 346 g/mol. The molecule has 0 bridgehead atoms. The summed E-state index contributed by atoms with van der Waals surface area (Å²) >= 11 is 6.18. The Bertz CT molecular complexity index is 711. The normalized spacial score (nSPS) is 17.7. The topological polar surface area (TPSA) is 46.3 Å². The molecule has 1 atom stereocenters. The van der Waals surface area contributed by atoms with E-state index < -0.39 is 0 Å². The number of oxazole rings is 1. The second kappa shape index (κ2) is 7.39. The van der Waals surface area contributed by atoms with E-state index in [2.05, 4.69) is 18.8 Å². The molecule has 0 unspecified atom stereocenters. The highest BCUT2D eigenvalue weighted by Crippen LogP contribution is 2.28. The minimum Gasteiger partial charge on any atom is -0.441 e. The highest BCUT2D eigenvalue weighted by atomic mass is 35.5. The van der Waals surface area contributed by atoms with Gasteiger partial charge in [0.05, 0.1) is 11.2 Å². The molecular weight excluding hydrogens is 324 g/mol. The third kappa shape index (κ3) is 3.64. The Kier molecular flexibility index (Phi) is 5.24. The maximum atomic E-state index is 12.5. The Balaban J connectivity index is 1.62. The average molecular weight is 347 g/mol. The minimum absolute atomic E-state index is 0.198. The summed E-state index contributed by atoms with van der Waals surface area (Å²) in [4.78, 5) is 18.8. The second-order valence-electron chi connectivity index (χ2n) is 6.64. The van der Waals surface area contributed by atoms with Crippen molar-refractivity contribution in [3.05, 3.63) is 41.4 Å². The van der Waals surface area contributed by atoms with Crippen molar-refractivity contribution < 1.29 is 9.21 Å². The van der Waals surface area contributed by atoms with Crippen molar-refractivity contribution in [1.29, 1.82) is 0 Å². The Morgan fingerprint density at radius 3 is 2.96 bits per heavy atom. The van der Waals surface area contributed by atoms with E-state index in [-0.39, 0.29) is 5.91 Å². The fourth-order valence-corrected chi connectivity index (χ4v) is 3.59. The zero-order valence-electron chi connectivity index (χ0n) is 14.2. The van der Waals surface area contributed by atoms with Gasteiger partial charge in [0.15, 0.2) is 11.7 Å². The predicted molar refractivity (Wildman–Crippen MR) is 94.8 cm³/mol. The van der Waals surface area contributed by atoms with Crippen molar-refractivity contribution in [2.45, 2.75) is 45.6 Å². The first-order chi connectivity index (χ1) is 11.6. The third-order valence-corrected chi connectivity index (χ3v) is 4.96. The standard InChI is InChI=1S/C19H23ClN2O2/c1-13(2)16-8-5-11-22(16)19(23)10-9-18-21-12-17(24-18)14-6-3-4-7-15(14)20/h3-4,6-7,12-13,16H,5,8-11H2,1-2H3/t16-/m0/s1. The van der Waals surface area contributed by atoms with Crippen LogP contribution in [-0.4, -0.2) is 28.4 Å². The van der Waals surface area contributed by atoms with Crippen LogP contribution >= 0.6 is 11.6 Å². The number of nitrogens with zero attached hydrogens (tertiary/aromatic N) is 2. The van der Waals surface area contributed by atoms with Crippen LogP contribution in [0.2, 0.25) is 5.02 Å². The SMILES string of the molecule is CC(C)[C@@H]1CCCN1C(=O)CCc1ncc(-c2ccccc2Cl)o1. The predicted octanol–water partition coefficient (Wildman–Crippen LogP) is 4.57. The van der Waals surface area contributed by atoms with Crippen molar-refractivity contribution >= 4 is 17.5 Å². The lowest BCUT2D eigenvalue weighted by molar-refractivity contribution is -0.132. The number of aromatic nitrogens is 1. The number of likely N-dealkylation sites (tertiary alicyclic amines) is 1. The van der Waals surface area contributed by atoms with Crippen molar-refractivity contribution in [3.63, 3.8) is 0 Å². The summed E-state index contributed by atoms with van der Waals surface area (Å²) in [7, 11) is 0. The van der Waals surface area contributed by atoms with Crippen LogP contribution in [0.1, 0.15) is 39.0 Å². The number of carbonyl (C=O) groups excluding carboxylic acids is 1. The number of benzene rings is 1. The molecule has 2 heterocycles. The first kappa shape index (κ1) is 17.0. The molecule has 24 heavy (non-hydrogen) atoms. The van der Waals surface area contributed by atoms with Crippen LogP contribution in [0.15, 0.2) is 34.9 Å². The summed E-state index contributed by atoms with van der Waals surface area (Å²) in [6, 6.07) is 7.88. The molecule has 1 aromatic carbocycles. The number of hydrogen-bond donors (Lipinski definition) is 0. The summed E-state index contributed by atoms with van der Waals surface area (Å²) in [5.41, 5.74) is 0.823. The van der Waals surface area contributed by atoms with Gasteiger partial charge in [0.25, 0.3) is 0 Å². The van der Waals surface area contributed by atoms with Gasteiger partial charge in [0.2, 0.25) is 5.91 Å². The molecule has 0 aliphatic carbocycles. The van der Waals surface area contributed by atoms with E-state index in [1.165, 1.54) is 0 Å². The molecule has 0 spiro atoms. The number of rotatable bonds is 5. The van der Waals surface area contributed by atoms with Crippen LogP contribution in [0.4, 0.5) is 0 Å². The Labute approximate surface area is 147 Å². The first-order valence-corrected chi connectivity index (χ1v) is 8.93. The largest absolute Gasteiger partial charge is 0.441 e. The average Bonchev–Trinajstić information content (AvgIpc) is 3.22. The quantitative estimate of drug-likeness (QED) is 0.796. The van der Waals surface area contributed by atoms with Gasteiger partial charge in [-0.1, -0.05) is 37.6 Å². The van der Waals surface area contributed by atoms with Gasteiger partial charge < -0.3 is 9.32 Å². The lowest BCUT2D eigenvalue weighted by Gasteiger charge is -2.27. The molecule has 1 aliphatic rings. The van der Waals surface area contributed by atoms with Gasteiger partial charge in [0, 0.05) is 31.0 Å². The van der Waals surface area contributed by atoms with Crippen molar-refractivity contribution in [1.82, 2.24) is 9.88 Å². The molecule has 5 heteroatoms. The van der Waals surface area contributed by atoms with E-state index in [0.29, 0.717) is 41.5 Å². The molecule has 1 saturated heterocycles. The van der Waals surface area contributed by atoms with Crippen LogP contribution in [0.25, 0.3) is 11.3 Å². The fourth-order valence-electron chi connectivity index (χ4n) is 3.36. The number of hydrogen-bond acceptors (Lipinski definition) is 3. The van der Waals surface area contributed by atoms with E-state index in [1.54, 1.807) is 6.20 Å². The third-order valence-electron chi connectivity index (χ3n) is 4.63. The first-order valence-electron chi connectivity index (χ1n) is 8.55. The van der Waals surface area contributed by atoms with Crippen LogP contribution in [0.3, 0.4) is 0 Å². The summed E-state index contributed by atoms with van der Waals surface area (Å²) in [6.07, 6.45) is 4.84. The Morgan fingerprint density at radius 2 is 2.21 bits per heavy atom. The summed E-state index contributed by atoms with van der Waals surface area (Å²) in [5, 5.41) is 0.633. The molecule has 0 saturated carbocycles. The highest BCUT2D eigenvalue weighted by Gasteiger charge is 2.30. The maximum Gasteiger partial charge on any atom is 0.223 e. The maximum absolute atomic E-state index is 12.5. The molecule has 128 valence electrons. The minimum atomic E-state index is 0.198. The van der Waals surface area contributed by atoms with Crippen molar-refractivity contribution in [3.8, 4) is 11.3 Å². The lowest BCUT2D eigenvalue weighted by atomic mass is 10.0. The molecule has 1 fully saturated rings. The van der Waals surface area contributed by atoms with Gasteiger partial charge in [-0.25, -0.2) is 4.98 Å².